The average Bonchev–Trinajstić information content (AvgIpc) is 3.12. The predicted molar refractivity (Wildman–Crippen MR) is 110 cm³/mol. The molecule has 3 aromatic rings. The largest absolute Gasteiger partial charge is 0.480 e. The quantitative estimate of drug-likeness (QED) is 0.605. The Morgan fingerprint density at radius 2 is 1.75 bits per heavy atom. The summed E-state index contributed by atoms with van der Waals surface area (Å²) < 4.78 is 7.88. The van der Waals surface area contributed by atoms with E-state index >= 15 is 0 Å². The fourth-order valence-corrected chi connectivity index (χ4v) is 3.54. The summed E-state index contributed by atoms with van der Waals surface area (Å²) in [5, 5.41) is 13.4. The van der Waals surface area contributed by atoms with Crippen LogP contribution in [0, 0.1) is 0 Å². The lowest BCUT2D eigenvalue weighted by molar-refractivity contribution is 0.393. The number of halogens is 1. The standard InChI is InChI=1S/C18H23BrN8O/c1-18(2,3)16-23-22-13-5-6-14(24-27(13)16)25-7-9-26(10-8-25)17-20-11-12(19)15(21-17)28-4/h5-6,11H,7-10H2,1-4H3. The highest BCUT2D eigenvalue weighted by Gasteiger charge is 2.24. The number of hydrogen-bond acceptors (Lipinski definition) is 8. The van der Waals surface area contributed by atoms with Crippen LogP contribution in [0.5, 0.6) is 5.88 Å². The van der Waals surface area contributed by atoms with Gasteiger partial charge in [-0.15, -0.1) is 15.3 Å². The van der Waals surface area contributed by atoms with E-state index in [2.05, 4.69) is 66.7 Å². The predicted octanol–water partition coefficient (Wildman–Crippen LogP) is 2.31. The highest BCUT2D eigenvalue weighted by atomic mass is 79.9. The van der Waals surface area contributed by atoms with E-state index in [4.69, 9.17) is 9.84 Å². The molecule has 0 amide bonds. The van der Waals surface area contributed by atoms with E-state index in [1.54, 1.807) is 13.3 Å². The summed E-state index contributed by atoms with van der Waals surface area (Å²) in [5.41, 5.74) is 0.643. The number of hydrogen-bond donors (Lipinski definition) is 0. The summed E-state index contributed by atoms with van der Waals surface area (Å²) >= 11 is 3.39. The number of piperazine rings is 1. The maximum absolute atomic E-state index is 5.28. The number of fused-ring (bicyclic) bond motifs is 1. The van der Waals surface area contributed by atoms with Gasteiger partial charge in [0.1, 0.15) is 5.82 Å². The molecule has 0 atom stereocenters. The molecular weight excluding hydrogens is 424 g/mol. The first kappa shape index (κ1) is 18.9. The first-order valence-electron chi connectivity index (χ1n) is 9.16. The molecule has 4 heterocycles. The van der Waals surface area contributed by atoms with Crippen LogP contribution in [-0.4, -0.2) is 63.1 Å². The van der Waals surface area contributed by atoms with Gasteiger partial charge in [-0.2, -0.15) is 9.50 Å². The van der Waals surface area contributed by atoms with Crippen LogP contribution in [0.4, 0.5) is 11.8 Å². The summed E-state index contributed by atoms with van der Waals surface area (Å²) in [7, 11) is 1.60. The average molecular weight is 447 g/mol. The SMILES string of the molecule is COc1nc(N2CCN(c3ccc4nnc(C(C)(C)C)n4n3)CC2)ncc1Br. The normalized spacial score (nSPS) is 15.3. The first-order chi connectivity index (χ1) is 13.4. The Labute approximate surface area is 171 Å². The summed E-state index contributed by atoms with van der Waals surface area (Å²) in [6.45, 7) is 9.60. The highest BCUT2D eigenvalue weighted by molar-refractivity contribution is 9.10. The van der Waals surface area contributed by atoms with Crippen LogP contribution in [0.25, 0.3) is 5.65 Å². The van der Waals surface area contributed by atoms with E-state index in [1.807, 2.05) is 16.6 Å². The molecule has 4 rings (SSSR count). The molecule has 10 heteroatoms. The minimum Gasteiger partial charge on any atom is -0.480 e. The van der Waals surface area contributed by atoms with Crippen LogP contribution < -0.4 is 14.5 Å². The summed E-state index contributed by atoms with van der Waals surface area (Å²) in [5.74, 6) is 3.00. The van der Waals surface area contributed by atoms with Crippen LogP contribution in [-0.2, 0) is 5.41 Å². The van der Waals surface area contributed by atoms with Crippen molar-refractivity contribution < 1.29 is 4.74 Å². The lowest BCUT2D eigenvalue weighted by Crippen LogP contribution is -2.47. The number of ether oxygens (including phenoxy) is 1. The van der Waals surface area contributed by atoms with Crippen molar-refractivity contribution in [3.05, 3.63) is 28.6 Å². The van der Waals surface area contributed by atoms with Crippen molar-refractivity contribution in [1.82, 2.24) is 29.8 Å². The third-order valence-corrected chi connectivity index (χ3v) is 5.24. The first-order valence-corrected chi connectivity index (χ1v) is 9.95. The van der Waals surface area contributed by atoms with Crippen LogP contribution in [0.2, 0.25) is 0 Å². The zero-order chi connectivity index (χ0) is 19.9. The van der Waals surface area contributed by atoms with Crippen molar-refractivity contribution in [3.63, 3.8) is 0 Å². The second-order valence-electron chi connectivity index (χ2n) is 7.74. The van der Waals surface area contributed by atoms with Gasteiger partial charge in [0.2, 0.25) is 11.8 Å². The number of nitrogens with zero attached hydrogens (tertiary/aromatic N) is 8. The number of aromatic nitrogens is 6. The van der Waals surface area contributed by atoms with Crippen LogP contribution in [0.15, 0.2) is 22.8 Å². The Bertz CT molecular complexity index is 991. The zero-order valence-electron chi connectivity index (χ0n) is 16.4. The van der Waals surface area contributed by atoms with Crippen LogP contribution >= 0.6 is 15.9 Å². The van der Waals surface area contributed by atoms with Crippen molar-refractivity contribution in [3.8, 4) is 5.88 Å². The molecule has 1 aliphatic rings. The molecule has 0 unspecified atom stereocenters. The molecule has 148 valence electrons. The molecule has 1 aliphatic heterocycles. The van der Waals surface area contributed by atoms with Gasteiger partial charge in [0, 0.05) is 31.6 Å². The third-order valence-electron chi connectivity index (χ3n) is 4.70. The number of rotatable bonds is 3. The topological polar surface area (TPSA) is 84.6 Å². The highest BCUT2D eigenvalue weighted by Crippen LogP contribution is 2.25. The molecule has 0 spiro atoms. The molecular formula is C18H23BrN8O. The summed E-state index contributed by atoms with van der Waals surface area (Å²) in [4.78, 5) is 13.3. The Morgan fingerprint density at radius 1 is 1.04 bits per heavy atom. The van der Waals surface area contributed by atoms with E-state index in [1.165, 1.54) is 0 Å². The monoisotopic (exact) mass is 446 g/mol. The van der Waals surface area contributed by atoms with E-state index < -0.39 is 0 Å². The molecule has 0 aromatic carbocycles. The van der Waals surface area contributed by atoms with Crippen LogP contribution in [0.3, 0.4) is 0 Å². The van der Waals surface area contributed by atoms with Gasteiger partial charge in [-0.3, -0.25) is 0 Å². The van der Waals surface area contributed by atoms with Gasteiger partial charge in [0.05, 0.1) is 17.8 Å². The van der Waals surface area contributed by atoms with Gasteiger partial charge in [0.15, 0.2) is 11.5 Å². The lowest BCUT2D eigenvalue weighted by Gasteiger charge is -2.35. The molecule has 0 saturated carbocycles. The maximum atomic E-state index is 5.28. The molecule has 0 N–H and O–H groups in total. The lowest BCUT2D eigenvalue weighted by atomic mass is 9.96. The van der Waals surface area contributed by atoms with Crippen molar-refractivity contribution in [2.45, 2.75) is 26.2 Å². The smallest absolute Gasteiger partial charge is 0.232 e. The van der Waals surface area contributed by atoms with Crippen molar-refractivity contribution >= 4 is 33.3 Å². The molecule has 1 saturated heterocycles. The molecule has 3 aromatic heterocycles. The van der Waals surface area contributed by atoms with Crippen molar-refractivity contribution in [2.24, 2.45) is 0 Å². The molecule has 28 heavy (non-hydrogen) atoms. The Kier molecular flexibility index (Phi) is 4.82. The van der Waals surface area contributed by atoms with Gasteiger partial charge in [-0.05, 0) is 28.1 Å². The summed E-state index contributed by atoms with van der Waals surface area (Å²) in [6, 6.07) is 3.98. The molecule has 1 fully saturated rings. The molecule has 9 nitrogen and oxygen atoms in total. The van der Waals surface area contributed by atoms with E-state index in [-0.39, 0.29) is 5.41 Å². The second kappa shape index (κ2) is 7.16. The van der Waals surface area contributed by atoms with Gasteiger partial charge in [-0.1, -0.05) is 20.8 Å². The third kappa shape index (κ3) is 3.48. The van der Waals surface area contributed by atoms with Gasteiger partial charge in [0.25, 0.3) is 0 Å². The van der Waals surface area contributed by atoms with E-state index in [0.717, 1.165) is 47.9 Å². The molecule has 0 radical (unpaired) electrons. The maximum Gasteiger partial charge on any atom is 0.232 e. The number of anilines is 2. The van der Waals surface area contributed by atoms with Gasteiger partial charge >= 0.3 is 0 Å². The van der Waals surface area contributed by atoms with Crippen molar-refractivity contribution in [1.29, 1.82) is 0 Å². The number of methoxy groups -OCH3 is 1. The van der Waals surface area contributed by atoms with E-state index in [9.17, 15) is 0 Å². The zero-order valence-corrected chi connectivity index (χ0v) is 18.0. The van der Waals surface area contributed by atoms with Crippen LogP contribution in [0.1, 0.15) is 26.6 Å². The Balaban J connectivity index is 1.52. The fourth-order valence-electron chi connectivity index (χ4n) is 3.19. The Morgan fingerprint density at radius 3 is 2.43 bits per heavy atom. The molecule has 0 bridgehead atoms. The van der Waals surface area contributed by atoms with E-state index in [0.29, 0.717) is 11.8 Å². The van der Waals surface area contributed by atoms with Gasteiger partial charge < -0.3 is 14.5 Å². The molecule has 0 aliphatic carbocycles. The van der Waals surface area contributed by atoms with Crippen molar-refractivity contribution in [2.75, 3.05) is 43.1 Å². The Hall–Kier alpha value is -2.49. The summed E-state index contributed by atoms with van der Waals surface area (Å²) in [6.07, 6.45) is 1.73. The minimum absolute atomic E-state index is 0.123. The fraction of sp³-hybridized carbons (Fsp3) is 0.500. The van der Waals surface area contributed by atoms with Gasteiger partial charge in [-0.25, -0.2) is 4.98 Å². The second-order valence-corrected chi connectivity index (χ2v) is 8.59. The minimum atomic E-state index is -0.123.